The van der Waals surface area contributed by atoms with Crippen LogP contribution in [0, 0.1) is 0 Å². The zero-order chi connectivity index (χ0) is 6.74. The van der Waals surface area contributed by atoms with Gasteiger partial charge in [0.2, 0.25) is 0 Å². The molecule has 0 aromatic carbocycles. The highest BCUT2D eigenvalue weighted by molar-refractivity contribution is 8.00. The molecule has 0 unspecified atom stereocenters. The summed E-state index contributed by atoms with van der Waals surface area (Å²) in [6.45, 7) is 1.19. The van der Waals surface area contributed by atoms with Crippen molar-refractivity contribution < 1.29 is 0 Å². The van der Waals surface area contributed by atoms with Gasteiger partial charge in [0.1, 0.15) is 0 Å². The predicted octanol–water partition coefficient (Wildman–Crippen LogP) is 1.49. The Morgan fingerprint density at radius 1 is 1.56 bits per heavy atom. The summed E-state index contributed by atoms with van der Waals surface area (Å²) in [5.74, 6) is 0. The van der Waals surface area contributed by atoms with Gasteiger partial charge >= 0.3 is 0 Å². The van der Waals surface area contributed by atoms with E-state index in [0.29, 0.717) is 4.75 Å². The summed E-state index contributed by atoms with van der Waals surface area (Å²) >= 11 is 2.02. The maximum absolute atomic E-state index is 3.24. The minimum atomic E-state index is 0.620. The van der Waals surface area contributed by atoms with Crippen molar-refractivity contribution in [2.75, 3.05) is 19.8 Å². The second kappa shape index (κ2) is 2.93. The van der Waals surface area contributed by atoms with Crippen molar-refractivity contribution in [3.05, 3.63) is 0 Å². The molecule has 0 heterocycles. The molecule has 0 aromatic heterocycles. The monoisotopic (exact) mass is 145 g/mol. The average molecular weight is 145 g/mol. The minimum Gasteiger partial charge on any atom is -0.318 e. The largest absolute Gasteiger partial charge is 0.318 e. The van der Waals surface area contributed by atoms with Gasteiger partial charge in [0, 0.05) is 11.3 Å². The second-order valence-corrected chi connectivity index (χ2v) is 4.05. The summed E-state index contributed by atoms with van der Waals surface area (Å²) in [6.07, 6.45) is 6.48. The van der Waals surface area contributed by atoms with Crippen molar-refractivity contribution in [2.24, 2.45) is 0 Å². The summed E-state index contributed by atoms with van der Waals surface area (Å²) < 4.78 is 0.620. The van der Waals surface area contributed by atoms with Crippen molar-refractivity contribution in [3.8, 4) is 0 Å². The molecule has 0 spiro atoms. The molecule has 1 aliphatic rings. The van der Waals surface area contributed by atoms with Crippen LogP contribution >= 0.6 is 11.8 Å². The van der Waals surface area contributed by atoms with Crippen LogP contribution in [0.5, 0.6) is 0 Å². The van der Waals surface area contributed by atoms with E-state index < -0.39 is 0 Å². The fraction of sp³-hybridized carbons (Fsp3) is 1.00. The van der Waals surface area contributed by atoms with Crippen molar-refractivity contribution in [1.82, 2.24) is 5.32 Å². The highest BCUT2D eigenvalue weighted by atomic mass is 32.2. The summed E-state index contributed by atoms with van der Waals surface area (Å²) in [5.41, 5.74) is 0. The molecule has 54 valence electrons. The maximum atomic E-state index is 3.24. The smallest absolute Gasteiger partial charge is 0.0281 e. The SMILES string of the molecule is CNCC1(SC)CCC1. The Labute approximate surface area is 61.6 Å². The molecule has 0 aliphatic heterocycles. The van der Waals surface area contributed by atoms with Crippen LogP contribution in [-0.2, 0) is 0 Å². The number of rotatable bonds is 3. The third-order valence-electron chi connectivity index (χ3n) is 2.20. The van der Waals surface area contributed by atoms with Gasteiger partial charge in [-0.2, -0.15) is 11.8 Å². The molecule has 1 saturated carbocycles. The molecule has 9 heavy (non-hydrogen) atoms. The molecular formula is C7H15NS. The highest BCUT2D eigenvalue weighted by Gasteiger charge is 2.34. The molecule has 0 aromatic rings. The van der Waals surface area contributed by atoms with Crippen LogP contribution < -0.4 is 5.32 Å². The summed E-state index contributed by atoms with van der Waals surface area (Å²) in [4.78, 5) is 0. The normalized spacial score (nSPS) is 23.3. The fourth-order valence-electron chi connectivity index (χ4n) is 1.35. The zero-order valence-corrected chi connectivity index (χ0v) is 7.05. The first-order valence-electron chi connectivity index (χ1n) is 3.53. The molecule has 0 radical (unpaired) electrons. The van der Waals surface area contributed by atoms with Crippen molar-refractivity contribution in [3.63, 3.8) is 0 Å². The third-order valence-corrected chi connectivity index (χ3v) is 3.62. The molecule has 1 fully saturated rings. The number of hydrogen-bond acceptors (Lipinski definition) is 2. The summed E-state index contributed by atoms with van der Waals surface area (Å²) in [7, 11) is 2.04. The van der Waals surface area contributed by atoms with E-state index in [9.17, 15) is 0 Å². The molecule has 1 rings (SSSR count). The predicted molar refractivity (Wildman–Crippen MR) is 44.0 cm³/mol. The van der Waals surface area contributed by atoms with Crippen LogP contribution in [0.2, 0.25) is 0 Å². The second-order valence-electron chi connectivity index (χ2n) is 2.77. The average Bonchev–Trinajstić information content (AvgIpc) is 1.79. The summed E-state index contributed by atoms with van der Waals surface area (Å²) in [5, 5.41) is 3.24. The number of thioether (sulfide) groups is 1. The van der Waals surface area contributed by atoms with Crippen LogP contribution in [0.3, 0.4) is 0 Å². The van der Waals surface area contributed by atoms with Crippen molar-refractivity contribution in [1.29, 1.82) is 0 Å². The van der Waals surface area contributed by atoms with Crippen LogP contribution in [0.4, 0.5) is 0 Å². The Bertz CT molecular complexity index is 83.4. The number of hydrogen-bond donors (Lipinski definition) is 1. The third kappa shape index (κ3) is 1.41. The Hall–Kier alpha value is 0.310. The molecule has 0 bridgehead atoms. The molecule has 1 aliphatic carbocycles. The lowest BCUT2D eigenvalue weighted by atomic mass is 9.84. The fourth-order valence-corrected chi connectivity index (χ4v) is 2.33. The number of nitrogens with one attached hydrogen (secondary N) is 1. The molecular weight excluding hydrogens is 130 g/mol. The maximum Gasteiger partial charge on any atom is 0.0281 e. The van der Waals surface area contributed by atoms with E-state index in [1.165, 1.54) is 25.8 Å². The summed E-state index contributed by atoms with van der Waals surface area (Å²) in [6, 6.07) is 0. The van der Waals surface area contributed by atoms with Crippen molar-refractivity contribution in [2.45, 2.75) is 24.0 Å². The van der Waals surface area contributed by atoms with Gasteiger partial charge in [-0.05, 0) is 26.1 Å². The van der Waals surface area contributed by atoms with Gasteiger partial charge in [0.05, 0.1) is 0 Å². The minimum absolute atomic E-state index is 0.620. The molecule has 2 heteroatoms. The van der Waals surface area contributed by atoms with E-state index in [1.54, 1.807) is 0 Å². The first-order valence-corrected chi connectivity index (χ1v) is 4.75. The van der Waals surface area contributed by atoms with Crippen LogP contribution in [0.15, 0.2) is 0 Å². The molecule has 1 nitrogen and oxygen atoms in total. The van der Waals surface area contributed by atoms with Crippen LogP contribution in [0.1, 0.15) is 19.3 Å². The van der Waals surface area contributed by atoms with E-state index in [-0.39, 0.29) is 0 Å². The van der Waals surface area contributed by atoms with E-state index in [4.69, 9.17) is 0 Å². The van der Waals surface area contributed by atoms with Gasteiger partial charge in [-0.15, -0.1) is 0 Å². The van der Waals surface area contributed by atoms with Crippen LogP contribution in [0.25, 0.3) is 0 Å². The van der Waals surface area contributed by atoms with Gasteiger partial charge in [0.15, 0.2) is 0 Å². The lowest BCUT2D eigenvalue weighted by Crippen LogP contribution is -2.42. The van der Waals surface area contributed by atoms with Crippen LogP contribution in [-0.4, -0.2) is 24.6 Å². The van der Waals surface area contributed by atoms with Gasteiger partial charge in [-0.3, -0.25) is 0 Å². The Morgan fingerprint density at radius 3 is 2.33 bits per heavy atom. The highest BCUT2D eigenvalue weighted by Crippen LogP contribution is 2.41. The topological polar surface area (TPSA) is 12.0 Å². The molecule has 0 atom stereocenters. The Kier molecular flexibility index (Phi) is 2.42. The first kappa shape index (κ1) is 7.42. The molecule has 1 N–H and O–H groups in total. The molecule has 0 saturated heterocycles. The molecule has 0 amide bonds. The van der Waals surface area contributed by atoms with E-state index in [0.717, 1.165) is 0 Å². The van der Waals surface area contributed by atoms with Crippen molar-refractivity contribution >= 4 is 11.8 Å². The quantitative estimate of drug-likeness (QED) is 0.646. The van der Waals surface area contributed by atoms with Gasteiger partial charge < -0.3 is 5.32 Å². The van der Waals surface area contributed by atoms with Gasteiger partial charge in [0.25, 0.3) is 0 Å². The lowest BCUT2D eigenvalue weighted by molar-refractivity contribution is 0.354. The van der Waals surface area contributed by atoms with E-state index >= 15 is 0 Å². The Morgan fingerprint density at radius 2 is 2.22 bits per heavy atom. The Balaban J connectivity index is 2.28. The lowest BCUT2D eigenvalue weighted by Gasteiger charge is -2.40. The van der Waals surface area contributed by atoms with Gasteiger partial charge in [-0.1, -0.05) is 6.42 Å². The van der Waals surface area contributed by atoms with E-state index in [1.807, 2.05) is 18.8 Å². The first-order chi connectivity index (χ1) is 4.33. The zero-order valence-electron chi connectivity index (χ0n) is 6.24. The van der Waals surface area contributed by atoms with E-state index in [2.05, 4.69) is 11.6 Å². The standard InChI is InChI=1S/C7H15NS/c1-8-6-7(9-2)4-3-5-7/h8H,3-6H2,1-2H3. The van der Waals surface area contributed by atoms with Gasteiger partial charge in [-0.25, -0.2) is 0 Å².